The number of carbonyl (C=O) groups is 11. The van der Waals surface area contributed by atoms with Gasteiger partial charge in [-0.25, -0.2) is 4.79 Å². The summed E-state index contributed by atoms with van der Waals surface area (Å²) >= 11 is 0. The highest BCUT2D eigenvalue weighted by Crippen LogP contribution is 2.25. The van der Waals surface area contributed by atoms with Crippen molar-refractivity contribution in [3.63, 3.8) is 0 Å². The van der Waals surface area contributed by atoms with E-state index in [4.69, 9.17) is 38.6 Å². The monoisotopic (exact) mass is 1450 g/mol. The smallest absolute Gasteiger partial charge is 0.480 e. The molecule has 2 aliphatic heterocycles. The van der Waals surface area contributed by atoms with E-state index in [0.29, 0.717) is 32.2 Å². The van der Waals surface area contributed by atoms with Crippen LogP contribution in [0.25, 0.3) is 0 Å². The van der Waals surface area contributed by atoms with Gasteiger partial charge in [-0.05, 0) is 131 Å². The Bertz CT molecular complexity index is 3440. The van der Waals surface area contributed by atoms with Gasteiger partial charge in [0.15, 0.2) is 0 Å². The molecule has 6 rings (SSSR count). The number of amides is 9. The number of piperidine rings is 2. The Morgan fingerprint density at radius 3 is 1.06 bits per heavy atom. The van der Waals surface area contributed by atoms with Crippen LogP contribution in [0.4, 0.5) is 13.2 Å². The molecule has 2 fully saturated rings. The number of nitrogens with one attached hydrogen (secondary N) is 7. The topological polar surface area (TPSA) is 449 Å². The van der Waals surface area contributed by atoms with Crippen LogP contribution in [-0.2, 0) is 78.4 Å². The first-order valence-corrected chi connectivity index (χ1v) is 35.4. The fourth-order valence-corrected chi connectivity index (χ4v) is 12.1. The summed E-state index contributed by atoms with van der Waals surface area (Å²) < 4.78 is 31.7. The number of nitrogens with two attached hydrogens (primary N) is 5. The molecule has 104 heavy (non-hydrogen) atoms. The largest absolute Gasteiger partial charge is 0.490 e. The molecule has 0 aliphatic carbocycles. The van der Waals surface area contributed by atoms with Crippen LogP contribution in [0.5, 0.6) is 0 Å². The van der Waals surface area contributed by atoms with Crippen molar-refractivity contribution in [1.82, 2.24) is 47.0 Å². The first kappa shape index (κ1) is 85.3. The maximum atomic E-state index is 14.5. The zero-order chi connectivity index (χ0) is 76.7. The van der Waals surface area contributed by atoms with Crippen molar-refractivity contribution in [3.8, 4) is 0 Å². The number of nitrogens with zero attached hydrogens (tertiary/aromatic N) is 2. The normalized spacial score (nSPS) is 16.4. The van der Waals surface area contributed by atoms with E-state index in [2.05, 4.69) is 37.2 Å². The van der Waals surface area contributed by atoms with Crippen LogP contribution in [0.3, 0.4) is 0 Å². The van der Waals surface area contributed by atoms with Gasteiger partial charge in [0.2, 0.25) is 53.2 Å². The average molecular weight is 1460 g/mol. The second-order valence-electron chi connectivity index (χ2n) is 27.7. The Hall–Kier alpha value is -9.36. The molecule has 19 N–H and O–H groups in total. The molecule has 0 unspecified atom stereocenters. The van der Waals surface area contributed by atoms with Gasteiger partial charge in [-0.15, -0.1) is 0 Å². The molecule has 2 saturated heterocycles. The average Bonchev–Trinajstić information content (AvgIpc) is 0.821. The highest BCUT2D eigenvalue weighted by atomic mass is 19.4. The van der Waals surface area contributed by atoms with Gasteiger partial charge in [-0.2, -0.15) is 13.2 Å². The lowest BCUT2D eigenvalue weighted by atomic mass is 9.87. The minimum atomic E-state index is -5.08. The van der Waals surface area contributed by atoms with Crippen LogP contribution in [0.1, 0.15) is 127 Å². The molecule has 0 radical (unpaired) electrons. The van der Waals surface area contributed by atoms with E-state index in [1.54, 1.807) is 17.0 Å². The van der Waals surface area contributed by atoms with Gasteiger partial charge in [0, 0.05) is 45.6 Å². The quantitative estimate of drug-likeness (QED) is 0.0288. The zero-order valence-corrected chi connectivity index (χ0v) is 59.7. The summed E-state index contributed by atoms with van der Waals surface area (Å²) in [4.78, 5) is 152. The van der Waals surface area contributed by atoms with E-state index in [9.17, 15) is 66.2 Å². The molecule has 0 bridgehead atoms. The van der Waals surface area contributed by atoms with Crippen LogP contribution in [0, 0.1) is 11.8 Å². The van der Waals surface area contributed by atoms with Crippen LogP contribution in [0.2, 0.25) is 0 Å². The Morgan fingerprint density at radius 1 is 0.442 bits per heavy atom. The van der Waals surface area contributed by atoms with E-state index in [-0.39, 0.29) is 128 Å². The molecule has 0 spiro atoms. The standard InChI is InChI=1S/C72H104N14O11.C2HF3O2/c1-47(2)41-57(83-65(91)59(45-51-25-13-7-14-26-51)81-61(87)53(74)43-49-21-9-5-10-22-49)63(89)79-55(29-17-19-35-73)67(93)85-37-31-71(76,32-38-85)69(95)78-36-20-18-30-56(68(94)86-39-33-72(77,34-40-86)70(96)97)80-64(90)58(42-48(3)4)84-66(92)60(46-52-27-15-8-16-28-52)82-62(88)54(75)44-50-23-11-6-12-24-50;3-2(4,5)1(6)7/h5-16,21-28,47-48,53-60H,17-20,29-46,73-77H2,1-4H3,(H,78,95)(H,79,89)(H,80,90)(H,81,87)(H,82,88)(H,83,91)(H,84,92)(H,96,97);(H,6,7)/t53-,54-,55-,56-,57-,58-,59-,60-;/m1./s1. The van der Waals surface area contributed by atoms with Gasteiger partial charge in [0.25, 0.3) is 0 Å². The number of benzene rings is 4. The van der Waals surface area contributed by atoms with Crippen LogP contribution in [-0.4, -0.2) is 190 Å². The minimum Gasteiger partial charge on any atom is -0.480 e. The molecule has 0 saturated carbocycles. The molecule has 27 nitrogen and oxygen atoms in total. The summed E-state index contributed by atoms with van der Waals surface area (Å²) in [6, 6.07) is 28.1. The first-order valence-electron chi connectivity index (χ1n) is 35.4. The number of hydrogen-bond donors (Lipinski definition) is 14. The first-order chi connectivity index (χ1) is 49.2. The van der Waals surface area contributed by atoms with Crippen molar-refractivity contribution in [2.24, 2.45) is 40.5 Å². The molecule has 4 aromatic carbocycles. The number of likely N-dealkylation sites (tertiary alicyclic amines) is 2. The van der Waals surface area contributed by atoms with Gasteiger partial charge in [0.05, 0.1) is 17.6 Å². The molecule has 2 heterocycles. The highest BCUT2D eigenvalue weighted by molar-refractivity contribution is 5.97. The Kier molecular flexibility index (Phi) is 34.3. The van der Waals surface area contributed by atoms with Crippen LogP contribution >= 0.6 is 0 Å². The zero-order valence-electron chi connectivity index (χ0n) is 59.7. The van der Waals surface area contributed by atoms with Crippen molar-refractivity contribution in [1.29, 1.82) is 0 Å². The lowest BCUT2D eigenvalue weighted by molar-refractivity contribution is -0.192. The summed E-state index contributed by atoms with van der Waals surface area (Å²) in [5.74, 6) is -9.04. The maximum Gasteiger partial charge on any atom is 0.490 e. The number of rotatable bonds is 37. The molecule has 8 atom stereocenters. The SMILES string of the molecule is CC(C)C[C@@H](NC(=O)[C@@H](Cc1ccccc1)NC(=O)[C@H](N)Cc1ccccc1)C(=O)N[C@H](CCCCNC(=O)C1(N)CCN(C(=O)[C@@H](CCCCN)NC(=O)[C@@H](CC(C)C)NC(=O)[C@@H](Cc2ccccc2)NC(=O)[C@H](N)Cc2ccccc2)CC1)C(=O)N1CCC(N)(C(=O)O)CC1.O=C(O)C(F)(F)F. The molecule has 2 aliphatic rings. The number of unbranched alkanes of at least 4 members (excludes halogenated alkanes) is 2. The van der Waals surface area contributed by atoms with Crippen molar-refractivity contribution < 1.29 is 76.1 Å². The fourth-order valence-electron chi connectivity index (χ4n) is 12.1. The van der Waals surface area contributed by atoms with E-state index >= 15 is 0 Å². The molecule has 30 heteroatoms. The van der Waals surface area contributed by atoms with E-state index in [0.717, 1.165) is 22.3 Å². The van der Waals surface area contributed by atoms with Crippen LogP contribution < -0.4 is 65.9 Å². The second kappa shape index (κ2) is 41.8. The number of aliphatic carboxylic acids is 2. The van der Waals surface area contributed by atoms with E-state index in [1.807, 2.05) is 137 Å². The molecular weight excluding hydrogens is 1350 g/mol. The van der Waals surface area contributed by atoms with Crippen LogP contribution in [0.15, 0.2) is 121 Å². The number of carboxylic acid groups (broad SMARTS) is 2. The summed E-state index contributed by atoms with van der Waals surface area (Å²) in [5, 5.41) is 37.1. The number of halogens is 3. The van der Waals surface area contributed by atoms with E-state index < -0.39 is 125 Å². The lowest BCUT2D eigenvalue weighted by Gasteiger charge is -2.39. The van der Waals surface area contributed by atoms with Crippen molar-refractivity contribution >= 4 is 65.1 Å². The number of carbonyl (C=O) groups excluding carboxylic acids is 9. The fraction of sp³-hybridized carbons (Fsp3) is 0.527. The second-order valence-corrected chi connectivity index (χ2v) is 27.7. The number of carboxylic acids is 2. The molecule has 9 amide bonds. The van der Waals surface area contributed by atoms with Crippen molar-refractivity contribution in [2.45, 2.75) is 196 Å². The van der Waals surface area contributed by atoms with Gasteiger partial charge in [-0.1, -0.05) is 149 Å². The summed E-state index contributed by atoms with van der Waals surface area (Å²) in [5.41, 5.74) is 31.8. The summed E-state index contributed by atoms with van der Waals surface area (Å²) in [6.45, 7) is 8.24. The van der Waals surface area contributed by atoms with Gasteiger partial charge in [-0.3, -0.25) is 47.9 Å². The summed E-state index contributed by atoms with van der Waals surface area (Å²) in [7, 11) is 0. The third-order valence-corrected chi connectivity index (χ3v) is 18.2. The van der Waals surface area contributed by atoms with Gasteiger partial charge in [0.1, 0.15) is 41.8 Å². The molecular formula is C74H105F3N14O13. The third kappa shape index (κ3) is 28.4. The highest BCUT2D eigenvalue weighted by Gasteiger charge is 2.43. The lowest BCUT2D eigenvalue weighted by Crippen LogP contribution is -2.62. The predicted molar refractivity (Wildman–Crippen MR) is 384 cm³/mol. The van der Waals surface area contributed by atoms with Crippen molar-refractivity contribution in [3.05, 3.63) is 144 Å². The Balaban J connectivity index is 0.00000263. The van der Waals surface area contributed by atoms with Crippen molar-refractivity contribution in [2.75, 3.05) is 39.3 Å². The van der Waals surface area contributed by atoms with Gasteiger partial charge < -0.3 is 85.9 Å². The molecule has 0 aromatic heterocycles. The number of alkyl halides is 3. The summed E-state index contributed by atoms with van der Waals surface area (Å²) in [6.07, 6.45) is -1.88. The molecule has 4 aromatic rings. The Labute approximate surface area is 605 Å². The third-order valence-electron chi connectivity index (χ3n) is 18.2. The molecule has 570 valence electrons. The number of hydrogen-bond acceptors (Lipinski definition) is 16. The van der Waals surface area contributed by atoms with Gasteiger partial charge >= 0.3 is 18.1 Å². The predicted octanol–water partition coefficient (Wildman–Crippen LogP) is 2.39. The van der Waals surface area contributed by atoms with E-state index in [1.165, 1.54) is 4.90 Å². The Morgan fingerprint density at radius 2 is 0.740 bits per heavy atom. The maximum absolute atomic E-state index is 14.5. The minimum absolute atomic E-state index is 0.0134.